The van der Waals surface area contributed by atoms with Crippen LogP contribution in [0.5, 0.6) is 0 Å². The van der Waals surface area contributed by atoms with E-state index in [9.17, 15) is 4.79 Å². The SMILES string of the molecule is CC(C)Sc1ccc(C(=O)C(C)Cl)cc1. The topological polar surface area (TPSA) is 17.1 Å². The lowest BCUT2D eigenvalue weighted by Crippen LogP contribution is -2.09. The van der Waals surface area contributed by atoms with E-state index < -0.39 is 5.38 Å². The lowest BCUT2D eigenvalue weighted by Gasteiger charge is -2.06. The van der Waals surface area contributed by atoms with E-state index in [0.29, 0.717) is 10.8 Å². The van der Waals surface area contributed by atoms with Gasteiger partial charge in [0.15, 0.2) is 5.78 Å². The number of benzene rings is 1. The number of hydrogen-bond acceptors (Lipinski definition) is 2. The van der Waals surface area contributed by atoms with Crippen molar-refractivity contribution in [1.82, 2.24) is 0 Å². The van der Waals surface area contributed by atoms with Gasteiger partial charge in [0.1, 0.15) is 0 Å². The van der Waals surface area contributed by atoms with Gasteiger partial charge < -0.3 is 0 Å². The van der Waals surface area contributed by atoms with Gasteiger partial charge in [0.2, 0.25) is 0 Å². The van der Waals surface area contributed by atoms with Crippen LogP contribution < -0.4 is 0 Å². The standard InChI is InChI=1S/C12H15ClOS/c1-8(2)15-11-6-4-10(5-7-11)12(14)9(3)13/h4-9H,1-3H3. The van der Waals surface area contributed by atoms with Crippen molar-refractivity contribution >= 4 is 29.1 Å². The molecule has 0 radical (unpaired) electrons. The molecule has 0 aliphatic carbocycles. The number of Topliss-reactive ketones (excluding diaryl/α,β-unsaturated/α-hetero) is 1. The normalized spacial score (nSPS) is 12.9. The van der Waals surface area contributed by atoms with E-state index in [1.165, 1.54) is 4.90 Å². The Morgan fingerprint density at radius 1 is 1.20 bits per heavy atom. The molecule has 0 amide bonds. The quantitative estimate of drug-likeness (QED) is 0.451. The van der Waals surface area contributed by atoms with Crippen LogP contribution in [0.15, 0.2) is 29.2 Å². The van der Waals surface area contributed by atoms with Gasteiger partial charge in [-0.25, -0.2) is 0 Å². The molecule has 0 fully saturated rings. The summed E-state index contributed by atoms with van der Waals surface area (Å²) in [5.74, 6) is -0.0160. The fourth-order valence-corrected chi connectivity index (χ4v) is 2.16. The van der Waals surface area contributed by atoms with Gasteiger partial charge in [0.05, 0.1) is 5.38 Å². The first-order valence-corrected chi connectivity index (χ1v) is 6.27. The fraction of sp³-hybridized carbons (Fsp3) is 0.417. The lowest BCUT2D eigenvalue weighted by molar-refractivity contribution is 0.0991. The van der Waals surface area contributed by atoms with Gasteiger partial charge in [-0.2, -0.15) is 0 Å². The third-order valence-electron chi connectivity index (χ3n) is 1.87. The van der Waals surface area contributed by atoms with E-state index in [4.69, 9.17) is 11.6 Å². The van der Waals surface area contributed by atoms with Gasteiger partial charge in [-0.3, -0.25) is 4.79 Å². The molecular weight excluding hydrogens is 228 g/mol. The first kappa shape index (κ1) is 12.6. The van der Waals surface area contributed by atoms with Crippen LogP contribution in [-0.4, -0.2) is 16.4 Å². The number of rotatable bonds is 4. The third kappa shape index (κ3) is 3.88. The third-order valence-corrected chi connectivity index (χ3v) is 3.09. The Balaban J connectivity index is 2.76. The van der Waals surface area contributed by atoms with Crippen molar-refractivity contribution < 1.29 is 4.79 Å². The molecule has 0 aliphatic rings. The predicted molar refractivity (Wildman–Crippen MR) is 67.1 cm³/mol. The zero-order valence-corrected chi connectivity index (χ0v) is 10.7. The number of hydrogen-bond donors (Lipinski definition) is 0. The Morgan fingerprint density at radius 2 is 1.73 bits per heavy atom. The predicted octanol–water partition coefficient (Wildman–Crippen LogP) is 4.00. The molecule has 0 aromatic heterocycles. The van der Waals surface area contributed by atoms with Gasteiger partial charge in [-0.05, 0) is 19.1 Å². The van der Waals surface area contributed by atoms with Crippen molar-refractivity contribution in [2.24, 2.45) is 0 Å². The largest absolute Gasteiger partial charge is 0.293 e. The molecule has 1 aromatic rings. The zero-order valence-electron chi connectivity index (χ0n) is 9.16. The van der Waals surface area contributed by atoms with Crippen LogP contribution in [0.1, 0.15) is 31.1 Å². The molecule has 1 aromatic carbocycles. The minimum Gasteiger partial charge on any atom is -0.293 e. The van der Waals surface area contributed by atoms with Crippen LogP contribution in [0.4, 0.5) is 0 Å². The molecule has 3 heteroatoms. The highest BCUT2D eigenvalue weighted by atomic mass is 35.5. The van der Waals surface area contributed by atoms with E-state index in [1.807, 2.05) is 24.3 Å². The Labute approximate surface area is 100 Å². The second kappa shape index (κ2) is 5.57. The molecule has 0 N–H and O–H groups in total. The van der Waals surface area contributed by atoms with E-state index in [0.717, 1.165) is 0 Å². The molecule has 15 heavy (non-hydrogen) atoms. The molecule has 1 atom stereocenters. The number of alkyl halides is 1. The van der Waals surface area contributed by atoms with Crippen molar-refractivity contribution in [2.45, 2.75) is 36.3 Å². The molecule has 0 saturated carbocycles. The molecule has 1 unspecified atom stereocenters. The number of thioether (sulfide) groups is 1. The van der Waals surface area contributed by atoms with E-state index in [1.54, 1.807) is 18.7 Å². The first-order valence-electron chi connectivity index (χ1n) is 4.95. The van der Waals surface area contributed by atoms with Crippen LogP contribution in [-0.2, 0) is 0 Å². The minimum absolute atomic E-state index is 0.0160. The van der Waals surface area contributed by atoms with E-state index in [2.05, 4.69) is 13.8 Å². The molecule has 0 heterocycles. The molecule has 0 bridgehead atoms. The summed E-state index contributed by atoms with van der Waals surface area (Å²) >= 11 is 7.52. The smallest absolute Gasteiger partial charge is 0.180 e. The second-order valence-electron chi connectivity index (χ2n) is 3.67. The summed E-state index contributed by atoms with van der Waals surface area (Å²) in [4.78, 5) is 12.7. The molecule has 0 spiro atoms. The Bertz CT molecular complexity index is 330. The van der Waals surface area contributed by atoms with Gasteiger partial charge in [0, 0.05) is 15.7 Å². The minimum atomic E-state index is -0.450. The maximum absolute atomic E-state index is 11.5. The lowest BCUT2D eigenvalue weighted by atomic mass is 10.1. The van der Waals surface area contributed by atoms with Crippen LogP contribution in [0, 0.1) is 0 Å². The van der Waals surface area contributed by atoms with Crippen LogP contribution in [0.2, 0.25) is 0 Å². The highest BCUT2D eigenvalue weighted by Crippen LogP contribution is 2.23. The Morgan fingerprint density at radius 3 is 2.13 bits per heavy atom. The van der Waals surface area contributed by atoms with Gasteiger partial charge in [-0.15, -0.1) is 23.4 Å². The molecule has 0 saturated heterocycles. The summed E-state index contributed by atoms with van der Waals surface area (Å²) in [6, 6.07) is 7.62. The first-order chi connectivity index (χ1) is 7.00. The van der Waals surface area contributed by atoms with Gasteiger partial charge >= 0.3 is 0 Å². The number of ketones is 1. The maximum atomic E-state index is 11.5. The summed E-state index contributed by atoms with van der Waals surface area (Å²) in [6.07, 6.45) is 0. The van der Waals surface area contributed by atoms with Crippen LogP contribution in [0.25, 0.3) is 0 Å². The number of carbonyl (C=O) groups is 1. The maximum Gasteiger partial charge on any atom is 0.180 e. The summed E-state index contributed by atoms with van der Waals surface area (Å²) in [5.41, 5.74) is 0.686. The molecule has 1 rings (SSSR count). The van der Waals surface area contributed by atoms with Crippen molar-refractivity contribution in [3.8, 4) is 0 Å². The van der Waals surface area contributed by atoms with Crippen molar-refractivity contribution in [2.75, 3.05) is 0 Å². The highest BCUT2D eigenvalue weighted by Gasteiger charge is 2.11. The zero-order chi connectivity index (χ0) is 11.4. The Kier molecular flexibility index (Phi) is 4.68. The average Bonchev–Trinajstić information content (AvgIpc) is 2.17. The number of carbonyl (C=O) groups excluding carboxylic acids is 1. The fourth-order valence-electron chi connectivity index (χ4n) is 1.20. The average molecular weight is 243 g/mol. The Hall–Kier alpha value is -0.470. The van der Waals surface area contributed by atoms with E-state index >= 15 is 0 Å². The van der Waals surface area contributed by atoms with Crippen molar-refractivity contribution in [1.29, 1.82) is 0 Å². The van der Waals surface area contributed by atoms with Crippen LogP contribution >= 0.6 is 23.4 Å². The van der Waals surface area contributed by atoms with Crippen LogP contribution in [0.3, 0.4) is 0 Å². The molecular formula is C12H15ClOS. The van der Waals surface area contributed by atoms with Gasteiger partial charge in [-0.1, -0.05) is 26.0 Å². The highest BCUT2D eigenvalue weighted by molar-refractivity contribution is 7.99. The number of halogens is 1. The molecule has 82 valence electrons. The summed E-state index contributed by atoms with van der Waals surface area (Å²) in [7, 11) is 0. The van der Waals surface area contributed by atoms with Crippen molar-refractivity contribution in [3.63, 3.8) is 0 Å². The summed E-state index contributed by atoms with van der Waals surface area (Å²) < 4.78 is 0. The monoisotopic (exact) mass is 242 g/mol. The summed E-state index contributed by atoms with van der Waals surface area (Å²) in [6.45, 7) is 5.98. The van der Waals surface area contributed by atoms with E-state index in [-0.39, 0.29) is 5.78 Å². The van der Waals surface area contributed by atoms with Gasteiger partial charge in [0.25, 0.3) is 0 Å². The summed E-state index contributed by atoms with van der Waals surface area (Å²) in [5, 5.41) is 0.104. The van der Waals surface area contributed by atoms with Crippen molar-refractivity contribution in [3.05, 3.63) is 29.8 Å². The second-order valence-corrected chi connectivity index (χ2v) is 5.98. The molecule has 0 aliphatic heterocycles. The molecule has 1 nitrogen and oxygen atoms in total.